The molecule has 2 heteroatoms. The third-order valence-electron chi connectivity index (χ3n) is 3.72. The van der Waals surface area contributed by atoms with E-state index >= 15 is 0 Å². The summed E-state index contributed by atoms with van der Waals surface area (Å²) in [6.07, 6.45) is 7.64. The number of aliphatic hydroxyl groups excluding tert-OH is 1. The van der Waals surface area contributed by atoms with Crippen LogP contribution in [0.25, 0.3) is 0 Å². The summed E-state index contributed by atoms with van der Waals surface area (Å²) in [7, 11) is 0. The van der Waals surface area contributed by atoms with Crippen molar-refractivity contribution in [3.8, 4) is 0 Å². The van der Waals surface area contributed by atoms with Crippen molar-refractivity contribution in [1.29, 1.82) is 0 Å². The van der Waals surface area contributed by atoms with Crippen LogP contribution in [0, 0.1) is 17.8 Å². The van der Waals surface area contributed by atoms with Crippen LogP contribution in [-0.2, 0) is 4.74 Å². The number of hydrogen-bond acceptors (Lipinski definition) is 2. The van der Waals surface area contributed by atoms with Crippen molar-refractivity contribution in [3.05, 3.63) is 0 Å². The number of hydrogen-bond donors (Lipinski definition) is 1. The van der Waals surface area contributed by atoms with Crippen molar-refractivity contribution >= 4 is 0 Å². The molecule has 2 rings (SSSR count). The van der Waals surface area contributed by atoms with Gasteiger partial charge < -0.3 is 9.84 Å². The lowest BCUT2D eigenvalue weighted by molar-refractivity contribution is 0.0222. The van der Waals surface area contributed by atoms with E-state index < -0.39 is 0 Å². The summed E-state index contributed by atoms with van der Waals surface area (Å²) in [5, 5.41) is 8.88. The highest BCUT2D eigenvalue weighted by Gasteiger charge is 2.36. The SMILES string of the molecule is OCCCC(C1CC1)C1CCCOC1. The second-order valence-corrected chi connectivity index (χ2v) is 4.84. The molecule has 0 spiro atoms. The van der Waals surface area contributed by atoms with Gasteiger partial charge in [-0.15, -0.1) is 0 Å². The molecule has 2 nitrogen and oxygen atoms in total. The Balaban J connectivity index is 1.81. The first kappa shape index (κ1) is 10.4. The standard InChI is InChI=1S/C12H22O2/c13-7-1-4-12(10-5-6-10)11-3-2-8-14-9-11/h10-13H,1-9H2. The Kier molecular flexibility index (Phi) is 3.82. The molecule has 1 saturated carbocycles. The molecule has 2 unspecified atom stereocenters. The van der Waals surface area contributed by atoms with Gasteiger partial charge in [0, 0.05) is 19.8 Å². The van der Waals surface area contributed by atoms with Crippen LogP contribution in [0.1, 0.15) is 38.5 Å². The minimum absolute atomic E-state index is 0.358. The van der Waals surface area contributed by atoms with Crippen molar-refractivity contribution in [2.24, 2.45) is 17.8 Å². The highest BCUT2D eigenvalue weighted by molar-refractivity contribution is 4.86. The van der Waals surface area contributed by atoms with Gasteiger partial charge in [0.2, 0.25) is 0 Å². The highest BCUT2D eigenvalue weighted by Crippen LogP contribution is 2.44. The fourth-order valence-corrected chi connectivity index (χ4v) is 2.81. The van der Waals surface area contributed by atoms with Gasteiger partial charge in [0.1, 0.15) is 0 Å². The zero-order chi connectivity index (χ0) is 9.80. The van der Waals surface area contributed by atoms with Crippen molar-refractivity contribution in [3.63, 3.8) is 0 Å². The minimum Gasteiger partial charge on any atom is -0.396 e. The van der Waals surface area contributed by atoms with Gasteiger partial charge in [0.15, 0.2) is 0 Å². The number of ether oxygens (including phenoxy) is 1. The largest absolute Gasteiger partial charge is 0.396 e. The Hall–Kier alpha value is -0.0800. The molecule has 2 atom stereocenters. The Morgan fingerprint density at radius 2 is 2.07 bits per heavy atom. The topological polar surface area (TPSA) is 29.5 Å². The fourth-order valence-electron chi connectivity index (χ4n) is 2.81. The quantitative estimate of drug-likeness (QED) is 0.734. The first-order chi connectivity index (χ1) is 6.92. The molecule has 1 aliphatic heterocycles. The van der Waals surface area contributed by atoms with E-state index in [9.17, 15) is 0 Å². The van der Waals surface area contributed by atoms with Gasteiger partial charge in [0.25, 0.3) is 0 Å². The van der Waals surface area contributed by atoms with Gasteiger partial charge in [-0.05, 0) is 56.3 Å². The summed E-state index contributed by atoms with van der Waals surface area (Å²) in [6.45, 7) is 2.30. The maximum absolute atomic E-state index is 8.88. The first-order valence-corrected chi connectivity index (χ1v) is 6.10. The van der Waals surface area contributed by atoms with Crippen LogP contribution in [0.5, 0.6) is 0 Å². The molecule has 0 aromatic heterocycles. The van der Waals surface area contributed by atoms with Crippen LogP contribution in [0.4, 0.5) is 0 Å². The third-order valence-corrected chi connectivity index (χ3v) is 3.72. The summed E-state index contributed by atoms with van der Waals surface area (Å²) < 4.78 is 5.56. The maximum Gasteiger partial charge on any atom is 0.0497 e. The van der Waals surface area contributed by atoms with Crippen molar-refractivity contribution < 1.29 is 9.84 Å². The second kappa shape index (κ2) is 5.13. The molecule has 1 saturated heterocycles. The average Bonchev–Trinajstić information content (AvgIpc) is 3.04. The van der Waals surface area contributed by atoms with Gasteiger partial charge >= 0.3 is 0 Å². The molecular formula is C12H22O2. The second-order valence-electron chi connectivity index (χ2n) is 4.84. The summed E-state index contributed by atoms with van der Waals surface area (Å²) in [5.41, 5.74) is 0. The van der Waals surface area contributed by atoms with E-state index in [1.54, 1.807) is 0 Å². The summed E-state index contributed by atoms with van der Waals surface area (Å²) >= 11 is 0. The van der Waals surface area contributed by atoms with Crippen LogP contribution in [-0.4, -0.2) is 24.9 Å². The Morgan fingerprint density at radius 1 is 1.21 bits per heavy atom. The Bertz CT molecular complexity index is 160. The van der Waals surface area contributed by atoms with Gasteiger partial charge in [-0.1, -0.05) is 0 Å². The summed E-state index contributed by atoms with van der Waals surface area (Å²) in [6, 6.07) is 0. The molecule has 2 fully saturated rings. The lowest BCUT2D eigenvalue weighted by atomic mass is 9.81. The zero-order valence-electron chi connectivity index (χ0n) is 8.95. The van der Waals surface area contributed by atoms with Crippen molar-refractivity contribution in [2.45, 2.75) is 38.5 Å². The summed E-state index contributed by atoms with van der Waals surface area (Å²) in [4.78, 5) is 0. The molecule has 0 aromatic carbocycles. The van der Waals surface area contributed by atoms with Gasteiger partial charge in [-0.25, -0.2) is 0 Å². The molecule has 1 N–H and O–H groups in total. The van der Waals surface area contributed by atoms with E-state index in [4.69, 9.17) is 9.84 Å². The molecule has 0 aromatic rings. The van der Waals surface area contributed by atoms with Crippen LogP contribution in [0.2, 0.25) is 0 Å². The van der Waals surface area contributed by atoms with Crippen LogP contribution in [0.15, 0.2) is 0 Å². The predicted molar refractivity (Wildman–Crippen MR) is 56.1 cm³/mol. The fraction of sp³-hybridized carbons (Fsp3) is 1.00. The van der Waals surface area contributed by atoms with E-state index in [0.717, 1.165) is 37.4 Å². The van der Waals surface area contributed by atoms with Crippen LogP contribution < -0.4 is 0 Å². The van der Waals surface area contributed by atoms with Gasteiger partial charge in [-0.3, -0.25) is 0 Å². The van der Waals surface area contributed by atoms with E-state index in [2.05, 4.69) is 0 Å². The third kappa shape index (κ3) is 2.71. The number of aliphatic hydroxyl groups is 1. The number of rotatable bonds is 5. The molecular weight excluding hydrogens is 176 g/mol. The van der Waals surface area contributed by atoms with Crippen LogP contribution >= 0.6 is 0 Å². The van der Waals surface area contributed by atoms with E-state index in [-0.39, 0.29) is 0 Å². The van der Waals surface area contributed by atoms with E-state index in [1.165, 1.54) is 32.1 Å². The monoisotopic (exact) mass is 198 g/mol. The molecule has 2 aliphatic rings. The maximum atomic E-state index is 8.88. The molecule has 14 heavy (non-hydrogen) atoms. The predicted octanol–water partition coefficient (Wildman–Crippen LogP) is 2.21. The molecule has 82 valence electrons. The molecule has 0 radical (unpaired) electrons. The van der Waals surface area contributed by atoms with Crippen molar-refractivity contribution in [1.82, 2.24) is 0 Å². The Labute approximate surface area is 86.6 Å². The van der Waals surface area contributed by atoms with Gasteiger partial charge in [-0.2, -0.15) is 0 Å². The highest BCUT2D eigenvalue weighted by atomic mass is 16.5. The lowest BCUT2D eigenvalue weighted by Crippen LogP contribution is -2.26. The average molecular weight is 198 g/mol. The first-order valence-electron chi connectivity index (χ1n) is 6.10. The normalized spacial score (nSPS) is 30.2. The summed E-state index contributed by atoms with van der Waals surface area (Å²) in [5.74, 6) is 2.61. The molecule has 1 aliphatic carbocycles. The molecule has 0 bridgehead atoms. The molecule has 1 heterocycles. The minimum atomic E-state index is 0.358. The van der Waals surface area contributed by atoms with Crippen LogP contribution in [0.3, 0.4) is 0 Å². The molecule has 0 amide bonds. The van der Waals surface area contributed by atoms with Crippen molar-refractivity contribution in [2.75, 3.05) is 19.8 Å². The zero-order valence-corrected chi connectivity index (χ0v) is 8.95. The smallest absolute Gasteiger partial charge is 0.0497 e. The lowest BCUT2D eigenvalue weighted by Gasteiger charge is -2.30. The Morgan fingerprint density at radius 3 is 2.64 bits per heavy atom. The van der Waals surface area contributed by atoms with E-state index in [1.807, 2.05) is 0 Å². The van der Waals surface area contributed by atoms with E-state index in [0.29, 0.717) is 6.61 Å². The van der Waals surface area contributed by atoms with Gasteiger partial charge in [0.05, 0.1) is 0 Å².